The van der Waals surface area contributed by atoms with Crippen molar-refractivity contribution in [2.45, 2.75) is 57.0 Å². The van der Waals surface area contributed by atoms with Gasteiger partial charge in [-0.15, -0.1) is 0 Å². The maximum absolute atomic E-state index is 14.0. The van der Waals surface area contributed by atoms with Crippen molar-refractivity contribution in [3.05, 3.63) is 35.1 Å². The summed E-state index contributed by atoms with van der Waals surface area (Å²) in [5.41, 5.74) is 6.20. The molecule has 0 saturated heterocycles. The Balaban J connectivity index is 1.84. The van der Waals surface area contributed by atoms with E-state index in [-0.39, 0.29) is 17.6 Å². The third-order valence-electron chi connectivity index (χ3n) is 4.26. The summed E-state index contributed by atoms with van der Waals surface area (Å²) in [5, 5.41) is 2.73. The van der Waals surface area contributed by atoms with Crippen molar-refractivity contribution in [3.8, 4) is 0 Å². The zero-order chi connectivity index (χ0) is 18.6. The van der Waals surface area contributed by atoms with Crippen LogP contribution in [0, 0.1) is 5.82 Å². The van der Waals surface area contributed by atoms with E-state index in [4.69, 9.17) is 10.5 Å². The van der Waals surface area contributed by atoms with Crippen molar-refractivity contribution in [2.24, 2.45) is 5.73 Å². The van der Waals surface area contributed by atoms with E-state index < -0.39 is 30.6 Å². The Hall–Kier alpha value is -1.67. The maximum Gasteiger partial charge on any atom is 0.411 e. The summed E-state index contributed by atoms with van der Waals surface area (Å²) < 4.78 is 55.3. The van der Waals surface area contributed by atoms with Crippen LogP contribution in [0.25, 0.3) is 0 Å². The van der Waals surface area contributed by atoms with E-state index in [2.05, 4.69) is 5.32 Å². The van der Waals surface area contributed by atoms with Crippen LogP contribution in [-0.4, -0.2) is 30.8 Å². The van der Waals surface area contributed by atoms with Crippen LogP contribution in [-0.2, 0) is 4.74 Å². The molecule has 0 bridgehead atoms. The van der Waals surface area contributed by atoms with Crippen molar-refractivity contribution in [1.82, 2.24) is 5.32 Å². The van der Waals surface area contributed by atoms with E-state index in [1.54, 1.807) is 13.0 Å². The summed E-state index contributed by atoms with van der Waals surface area (Å²) in [5.74, 6) is -1.18. The largest absolute Gasteiger partial charge is 0.411 e. The summed E-state index contributed by atoms with van der Waals surface area (Å²) in [4.78, 5) is 12.2. The second kappa shape index (κ2) is 8.14. The van der Waals surface area contributed by atoms with E-state index >= 15 is 0 Å². The molecule has 0 heterocycles. The third-order valence-corrected chi connectivity index (χ3v) is 4.26. The molecule has 1 unspecified atom stereocenters. The summed E-state index contributed by atoms with van der Waals surface area (Å²) in [6.45, 7) is 0.458. The van der Waals surface area contributed by atoms with Gasteiger partial charge in [0.15, 0.2) is 0 Å². The number of carbonyl (C=O) groups is 1. The average molecular weight is 362 g/mol. The van der Waals surface area contributed by atoms with Crippen molar-refractivity contribution < 1.29 is 27.1 Å². The first kappa shape index (κ1) is 19.7. The first-order valence-electron chi connectivity index (χ1n) is 8.20. The number of alkyl halides is 3. The number of ether oxygens (including phenoxy) is 1. The van der Waals surface area contributed by atoms with Gasteiger partial charge in [0.05, 0.1) is 11.7 Å². The number of amides is 1. The van der Waals surface area contributed by atoms with Gasteiger partial charge in [0, 0.05) is 12.1 Å². The Morgan fingerprint density at radius 3 is 2.48 bits per heavy atom. The molecule has 1 atom stereocenters. The van der Waals surface area contributed by atoms with E-state index in [1.165, 1.54) is 12.1 Å². The molecule has 0 aliphatic heterocycles. The molecule has 1 aromatic carbocycles. The highest BCUT2D eigenvalue weighted by Gasteiger charge is 2.31. The van der Waals surface area contributed by atoms with E-state index in [1.807, 2.05) is 0 Å². The Morgan fingerprint density at radius 1 is 1.32 bits per heavy atom. The molecule has 8 heteroatoms. The first-order valence-corrected chi connectivity index (χ1v) is 8.20. The Labute approximate surface area is 143 Å². The van der Waals surface area contributed by atoms with Crippen LogP contribution >= 0.6 is 0 Å². The number of rotatable bonds is 5. The smallest absolute Gasteiger partial charge is 0.369 e. The summed E-state index contributed by atoms with van der Waals surface area (Å²) in [7, 11) is 0. The standard InChI is InChI=1S/C17H22F4N2O2/c1-10(22)11-2-7-14(15(18)8-11)16(24)23-12-3-5-13(6-4-12)25-9-17(19,20)21/h2,7-8,10,12-13H,3-6,9,22H2,1H3,(H,23,24). The number of halogens is 4. The lowest BCUT2D eigenvalue weighted by Gasteiger charge is -2.29. The zero-order valence-electron chi connectivity index (χ0n) is 13.9. The highest BCUT2D eigenvalue weighted by atomic mass is 19.4. The lowest BCUT2D eigenvalue weighted by molar-refractivity contribution is -0.188. The molecule has 0 aromatic heterocycles. The normalized spacial score (nSPS) is 22.5. The minimum absolute atomic E-state index is 0.0696. The van der Waals surface area contributed by atoms with Crippen molar-refractivity contribution in [3.63, 3.8) is 0 Å². The minimum atomic E-state index is -4.34. The van der Waals surface area contributed by atoms with Crippen LogP contribution in [0.15, 0.2) is 18.2 Å². The fraction of sp³-hybridized carbons (Fsp3) is 0.588. The number of carbonyl (C=O) groups excluding carboxylic acids is 1. The van der Waals surface area contributed by atoms with Gasteiger partial charge in [-0.3, -0.25) is 4.79 Å². The zero-order valence-corrected chi connectivity index (χ0v) is 13.9. The van der Waals surface area contributed by atoms with Gasteiger partial charge in [0.25, 0.3) is 5.91 Å². The number of benzene rings is 1. The molecule has 3 N–H and O–H groups in total. The van der Waals surface area contributed by atoms with Gasteiger partial charge >= 0.3 is 6.18 Å². The molecule has 2 rings (SSSR count). The van der Waals surface area contributed by atoms with E-state index in [9.17, 15) is 22.4 Å². The molecule has 1 fully saturated rings. The van der Waals surface area contributed by atoms with Crippen LogP contribution in [0.2, 0.25) is 0 Å². The average Bonchev–Trinajstić information content (AvgIpc) is 2.53. The van der Waals surface area contributed by atoms with Gasteiger partial charge in [0.2, 0.25) is 0 Å². The highest BCUT2D eigenvalue weighted by Crippen LogP contribution is 2.24. The monoisotopic (exact) mass is 362 g/mol. The minimum Gasteiger partial charge on any atom is -0.369 e. The topological polar surface area (TPSA) is 64.4 Å². The Kier molecular flexibility index (Phi) is 6.40. The Morgan fingerprint density at radius 2 is 1.96 bits per heavy atom. The van der Waals surface area contributed by atoms with Gasteiger partial charge in [0.1, 0.15) is 12.4 Å². The molecule has 1 amide bonds. The van der Waals surface area contributed by atoms with Crippen molar-refractivity contribution >= 4 is 5.91 Å². The van der Waals surface area contributed by atoms with E-state index in [0.717, 1.165) is 0 Å². The number of nitrogens with one attached hydrogen (secondary N) is 1. The van der Waals surface area contributed by atoms with Gasteiger partial charge in [-0.1, -0.05) is 6.07 Å². The SMILES string of the molecule is CC(N)c1ccc(C(=O)NC2CCC(OCC(F)(F)F)CC2)c(F)c1. The lowest BCUT2D eigenvalue weighted by atomic mass is 9.92. The number of hydrogen-bond donors (Lipinski definition) is 2. The molecule has 1 saturated carbocycles. The highest BCUT2D eigenvalue weighted by molar-refractivity contribution is 5.94. The molecule has 140 valence electrons. The molecular formula is C17H22F4N2O2. The molecule has 1 aromatic rings. The predicted octanol–water partition coefficient (Wildman–Crippen LogP) is 3.47. The van der Waals surface area contributed by atoms with Crippen LogP contribution < -0.4 is 11.1 Å². The lowest BCUT2D eigenvalue weighted by Crippen LogP contribution is -2.40. The number of hydrogen-bond acceptors (Lipinski definition) is 3. The molecule has 0 spiro atoms. The van der Waals surface area contributed by atoms with Crippen molar-refractivity contribution in [2.75, 3.05) is 6.61 Å². The summed E-state index contributed by atoms with van der Waals surface area (Å²) in [6, 6.07) is 3.69. The molecule has 25 heavy (non-hydrogen) atoms. The van der Waals surface area contributed by atoms with Crippen LogP contribution in [0.4, 0.5) is 17.6 Å². The van der Waals surface area contributed by atoms with Gasteiger partial charge in [-0.05, 0) is 50.3 Å². The van der Waals surface area contributed by atoms with Crippen molar-refractivity contribution in [1.29, 1.82) is 0 Å². The molecule has 0 radical (unpaired) electrons. The van der Waals surface area contributed by atoms with Gasteiger partial charge in [-0.2, -0.15) is 13.2 Å². The maximum atomic E-state index is 14.0. The molecular weight excluding hydrogens is 340 g/mol. The second-order valence-electron chi connectivity index (χ2n) is 6.40. The summed E-state index contributed by atoms with van der Waals surface area (Å²) >= 11 is 0. The number of nitrogens with two attached hydrogens (primary N) is 1. The predicted molar refractivity (Wildman–Crippen MR) is 84.5 cm³/mol. The molecule has 1 aliphatic carbocycles. The second-order valence-corrected chi connectivity index (χ2v) is 6.40. The van der Waals surface area contributed by atoms with Gasteiger partial charge < -0.3 is 15.8 Å². The van der Waals surface area contributed by atoms with Gasteiger partial charge in [-0.25, -0.2) is 4.39 Å². The quantitative estimate of drug-likeness (QED) is 0.789. The van der Waals surface area contributed by atoms with Crippen LogP contribution in [0.5, 0.6) is 0 Å². The van der Waals surface area contributed by atoms with Crippen LogP contribution in [0.3, 0.4) is 0 Å². The molecule has 1 aliphatic rings. The Bertz CT molecular complexity index is 597. The van der Waals surface area contributed by atoms with Crippen LogP contribution in [0.1, 0.15) is 54.6 Å². The molecule has 4 nitrogen and oxygen atoms in total. The van der Waals surface area contributed by atoms with E-state index in [0.29, 0.717) is 31.2 Å². The first-order chi connectivity index (χ1) is 11.7. The summed E-state index contributed by atoms with van der Waals surface area (Å²) in [6.07, 6.45) is -2.96. The third kappa shape index (κ3) is 5.97. The fourth-order valence-electron chi connectivity index (χ4n) is 2.85. The fourth-order valence-corrected chi connectivity index (χ4v) is 2.85.